The second kappa shape index (κ2) is 6.41. The SMILES string of the molecule is N#Cc1ccc2c3c(Br)cc(C#N)c4c(C#N)ccc(c5c(Br)cc(C#N)c1c25)c43. The lowest BCUT2D eigenvalue weighted by Gasteiger charge is -2.19. The van der Waals surface area contributed by atoms with E-state index >= 15 is 0 Å². The third kappa shape index (κ3) is 2.16. The Morgan fingerprint density at radius 1 is 0.467 bits per heavy atom. The van der Waals surface area contributed by atoms with Crippen LogP contribution in [0.1, 0.15) is 22.3 Å². The van der Waals surface area contributed by atoms with Crippen LogP contribution in [0.15, 0.2) is 45.3 Å². The van der Waals surface area contributed by atoms with Crippen molar-refractivity contribution in [3.63, 3.8) is 0 Å². The first-order valence-corrected chi connectivity index (χ1v) is 10.3. The standard InChI is InChI=1S/C24H6Br2N4/c25-17-6-14(10-30)20-12(8-28)2-4-16-22-18(26)5-13(9-29)19-11(7-27)1-3-15(23(19)22)21(17)24(16)20/h1-6H. The number of benzene rings is 5. The topological polar surface area (TPSA) is 95.2 Å². The predicted octanol–water partition coefficient (Wildman–Crippen LogP) is 6.75. The molecule has 6 heteroatoms. The van der Waals surface area contributed by atoms with E-state index in [-0.39, 0.29) is 0 Å². The van der Waals surface area contributed by atoms with Crippen LogP contribution in [0.2, 0.25) is 0 Å². The van der Waals surface area contributed by atoms with Gasteiger partial charge in [0.1, 0.15) is 0 Å². The lowest BCUT2D eigenvalue weighted by molar-refractivity contribution is 1.48. The molecular weight excluding hydrogens is 504 g/mol. The number of hydrogen-bond donors (Lipinski definition) is 0. The maximum Gasteiger partial charge on any atom is 0.0999 e. The van der Waals surface area contributed by atoms with E-state index in [9.17, 15) is 21.0 Å². The van der Waals surface area contributed by atoms with Gasteiger partial charge in [0.25, 0.3) is 0 Å². The van der Waals surface area contributed by atoms with E-state index in [0.29, 0.717) is 33.0 Å². The van der Waals surface area contributed by atoms with E-state index in [0.717, 1.165) is 41.3 Å². The highest BCUT2D eigenvalue weighted by atomic mass is 79.9. The summed E-state index contributed by atoms with van der Waals surface area (Å²) < 4.78 is 1.44. The predicted molar refractivity (Wildman–Crippen MR) is 122 cm³/mol. The first kappa shape index (κ1) is 18.4. The van der Waals surface area contributed by atoms with Crippen molar-refractivity contribution in [1.29, 1.82) is 21.0 Å². The minimum Gasteiger partial charge on any atom is -0.192 e. The smallest absolute Gasteiger partial charge is 0.0999 e. The van der Waals surface area contributed by atoms with Crippen LogP contribution in [-0.2, 0) is 0 Å². The third-order valence-electron chi connectivity index (χ3n) is 5.49. The van der Waals surface area contributed by atoms with Gasteiger partial charge in [-0.1, -0.05) is 44.0 Å². The highest BCUT2D eigenvalue weighted by Crippen LogP contribution is 2.48. The normalized spacial score (nSPS) is 10.9. The monoisotopic (exact) mass is 508 g/mol. The lowest BCUT2D eigenvalue weighted by Crippen LogP contribution is -1.96. The summed E-state index contributed by atoms with van der Waals surface area (Å²) in [5.74, 6) is 0. The summed E-state index contributed by atoms with van der Waals surface area (Å²) in [7, 11) is 0. The number of nitrogens with zero attached hydrogens (tertiary/aromatic N) is 4. The molecule has 5 aromatic rings. The molecule has 4 nitrogen and oxygen atoms in total. The first-order chi connectivity index (χ1) is 14.5. The first-order valence-electron chi connectivity index (χ1n) is 8.75. The molecule has 0 N–H and O–H groups in total. The Kier molecular flexibility index (Phi) is 3.92. The van der Waals surface area contributed by atoms with E-state index in [1.807, 2.05) is 12.1 Å². The molecule has 0 aliphatic carbocycles. The molecule has 0 amide bonds. The summed E-state index contributed by atoms with van der Waals surface area (Å²) in [6, 6.07) is 19.4. The van der Waals surface area contributed by atoms with Gasteiger partial charge in [-0.05, 0) is 35.0 Å². The molecule has 0 bridgehead atoms. The van der Waals surface area contributed by atoms with Crippen LogP contribution in [0, 0.1) is 45.3 Å². The average Bonchev–Trinajstić information content (AvgIpc) is 2.77. The van der Waals surface area contributed by atoms with Crippen LogP contribution in [-0.4, -0.2) is 0 Å². The molecule has 0 unspecified atom stereocenters. The highest BCUT2D eigenvalue weighted by molar-refractivity contribution is 9.11. The van der Waals surface area contributed by atoms with Crippen LogP contribution in [0.3, 0.4) is 0 Å². The fourth-order valence-corrected chi connectivity index (χ4v) is 5.65. The molecule has 0 aliphatic heterocycles. The Balaban J connectivity index is 2.30. The van der Waals surface area contributed by atoms with Gasteiger partial charge in [-0.3, -0.25) is 0 Å². The second-order valence-electron chi connectivity index (χ2n) is 6.83. The van der Waals surface area contributed by atoms with Crippen molar-refractivity contribution in [3.8, 4) is 24.3 Å². The van der Waals surface area contributed by atoms with Crippen molar-refractivity contribution in [2.75, 3.05) is 0 Å². The van der Waals surface area contributed by atoms with Gasteiger partial charge in [0.05, 0.1) is 46.5 Å². The van der Waals surface area contributed by atoms with E-state index in [2.05, 4.69) is 56.1 Å². The molecule has 0 spiro atoms. The van der Waals surface area contributed by atoms with E-state index < -0.39 is 0 Å². The molecule has 0 heterocycles. The van der Waals surface area contributed by atoms with Gasteiger partial charge in [-0.25, -0.2) is 0 Å². The minimum absolute atomic E-state index is 0.414. The van der Waals surface area contributed by atoms with Gasteiger partial charge >= 0.3 is 0 Å². The molecule has 0 aliphatic rings. The molecule has 0 radical (unpaired) electrons. The largest absolute Gasteiger partial charge is 0.192 e. The molecule has 5 aromatic carbocycles. The quantitative estimate of drug-likeness (QED) is 0.170. The van der Waals surface area contributed by atoms with Gasteiger partial charge in [-0.2, -0.15) is 21.0 Å². The van der Waals surface area contributed by atoms with Gasteiger partial charge in [0, 0.05) is 41.3 Å². The Labute approximate surface area is 187 Å². The van der Waals surface area contributed by atoms with E-state index in [1.165, 1.54) is 0 Å². The van der Waals surface area contributed by atoms with E-state index in [1.54, 1.807) is 24.3 Å². The average molecular weight is 510 g/mol. The Morgan fingerprint density at radius 3 is 1.17 bits per heavy atom. The van der Waals surface area contributed by atoms with E-state index in [4.69, 9.17) is 0 Å². The maximum atomic E-state index is 9.73. The van der Waals surface area contributed by atoms with Crippen LogP contribution in [0.25, 0.3) is 43.1 Å². The summed E-state index contributed by atoms with van der Waals surface area (Å²) in [6.45, 7) is 0. The molecule has 0 saturated heterocycles. The summed E-state index contributed by atoms with van der Waals surface area (Å²) in [4.78, 5) is 0. The molecule has 5 rings (SSSR count). The Morgan fingerprint density at radius 2 is 0.833 bits per heavy atom. The van der Waals surface area contributed by atoms with Crippen molar-refractivity contribution >= 4 is 74.9 Å². The minimum atomic E-state index is 0.414. The zero-order chi connectivity index (χ0) is 21.2. The number of nitriles is 4. The molecule has 30 heavy (non-hydrogen) atoms. The number of hydrogen-bond acceptors (Lipinski definition) is 4. The van der Waals surface area contributed by atoms with Crippen molar-refractivity contribution in [2.24, 2.45) is 0 Å². The van der Waals surface area contributed by atoms with Gasteiger partial charge in [0.2, 0.25) is 0 Å². The summed E-state index contributed by atoms with van der Waals surface area (Å²) in [5.41, 5.74) is 1.68. The van der Waals surface area contributed by atoms with Gasteiger partial charge < -0.3 is 0 Å². The Bertz CT molecular complexity index is 1620. The van der Waals surface area contributed by atoms with Crippen LogP contribution < -0.4 is 0 Å². The zero-order valence-corrected chi connectivity index (χ0v) is 18.2. The fraction of sp³-hybridized carbons (Fsp3) is 0. The van der Waals surface area contributed by atoms with Crippen molar-refractivity contribution < 1.29 is 0 Å². The van der Waals surface area contributed by atoms with Gasteiger partial charge in [-0.15, -0.1) is 0 Å². The molecular formula is C24H6Br2N4. The molecule has 0 fully saturated rings. The lowest BCUT2D eigenvalue weighted by atomic mass is 9.85. The maximum absolute atomic E-state index is 9.73. The number of halogens is 2. The molecule has 0 atom stereocenters. The summed E-state index contributed by atoms with van der Waals surface area (Å²) in [6.07, 6.45) is 0. The van der Waals surface area contributed by atoms with Crippen LogP contribution in [0.5, 0.6) is 0 Å². The van der Waals surface area contributed by atoms with Gasteiger partial charge in [0.15, 0.2) is 0 Å². The number of rotatable bonds is 0. The fourth-order valence-electron chi connectivity index (χ4n) is 4.37. The van der Waals surface area contributed by atoms with Crippen LogP contribution in [0.4, 0.5) is 0 Å². The third-order valence-corrected chi connectivity index (χ3v) is 6.74. The Hall–Kier alpha value is -3.68. The van der Waals surface area contributed by atoms with Crippen LogP contribution >= 0.6 is 31.9 Å². The van der Waals surface area contributed by atoms with Crippen molar-refractivity contribution in [1.82, 2.24) is 0 Å². The van der Waals surface area contributed by atoms with Crippen molar-refractivity contribution in [3.05, 3.63) is 67.6 Å². The molecule has 0 saturated carbocycles. The van der Waals surface area contributed by atoms with Crippen molar-refractivity contribution in [2.45, 2.75) is 0 Å². The number of fused-ring (bicyclic) bond motifs is 2. The summed E-state index contributed by atoms with van der Waals surface area (Å²) >= 11 is 7.23. The zero-order valence-electron chi connectivity index (χ0n) is 15.0. The second-order valence-corrected chi connectivity index (χ2v) is 8.54. The molecule has 0 aromatic heterocycles. The molecule has 136 valence electrons. The summed E-state index contributed by atoms with van der Waals surface area (Å²) in [5, 5.41) is 45.0. The highest BCUT2D eigenvalue weighted by Gasteiger charge is 2.23.